The number of anilines is 1. The van der Waals surface area contributed by atoms with E-state index >= 15 is 0 Å². The zero-order valence-electron chi connectivity index (χ0n) is 7.89. The number of hydrogen-bond acceptors (Lipinski definition) is 4. The van der Waals surface area contributed by atoms with Crippen LogP contribution in [0.3, 0.4) is 0 Å². The normalized spacial score (nSPS) is 15.1. The van der Waals surface area contributed by atoms with Crippen molar-refractivity contribution in [3.05, 3.63) is 29.8 Å². The fourth-order valence-corrected chi connectivity index (χ4v) is 1.50. The van der Waals surface area contributed by atoms with Crippen LogP contribution in [-0.2, 0) is 11.4 Å². The maximum Gasteiger partial charge on any atom is 0.0930 e. The highest BCUT2D eigenvalue weighted by atomic mass is 16.6. The van der Waals surface area contributed by atoms with Crippen LogP contribution in [0.25, 0.3) is 0 Å². The monoisotopic (exact) mass is 191 g/mol. The van der Waals surface area contributed by atoms with Gasteiger partial charge >= 0.3 is 0 Å². The molecular weight excluding hydrogens is 178 g/mol. The molecule has 1 aliphatic heterocycles. The Bertz CT molecular complexity index is 338. The SMILES string of the molecule is NOCc1cccc(N2C=NCC2)c1. The molecule has 0 spiro atoms. The Morgan fingerprint density at radius 2 is 2.43 bits per heavy atom. The van der Waals surface area contributed by atoms with Gasteiger partial charge < -0.3 is 4.90 Å². The van der Waals surface area contributed by atoms with Crippen LogP contribution in [0.15, 0.2) is 29.3 Å². The minimum atomic E-state index is 0.443. The summed E-state index contributed by atoms with van der Waals surface area (Å²) in [6.07, 6.45) is 1.86. The highest BCUT2D eigenvalue weighted by molar-refractivity contribution is 5.81. The zero-order chi connectivity index (χ0) is 9.80. The van der Waals surface area contributed by atoms with Crippen LogP contribution in [0.1, 0.15) is 5.56 Å². The first kappa shape index (κ1) is 9.18. The first-order valence-electron chi connectivity index (χ1n) is 4.57. The molecule has 14 heavy (non-hydrogen) atoms. The zero-order valence-corrected chi connectivity index (χ0v) is 7.89. The van der Waals surface area contributed by atoms with E-state index in [2.05, 4.69) is 26.9 Å². The maximum absolute atomic E-state index is 5.02. The quantitative estimate of drug-likeness (QED) is 0.723. The lowest BCUT2D eigenvalue weighted by Crippen LogP contribution is -2.18. The molecule has 1 aromatic rings. The fraction of sp³-hybridized carbons (Fsp3) is 0.300. The number of nitrogens with two attached hydrogens (primary N) is 1. The number of hydrogen-bond donors (Lipinski definition) is 1. The average Bonchev–Trinajstić information content (AvgIpc) is 2.71. The molecular formula is C10H13N3O. The molecule has 0 aliphatic carbocycles. The van der Waals surface area contributed by atoms with Crippen LogP contribution in [0.5, 0.6) is 0 Å². The molecule has 0 fully saturated rings. The van der Waals surface area contributed by atoms with E-state index in [0.29, 0.717) is 6.61 Å². The minimum absolute atomic E-state index is 0.443. The van der Waals surface area contributed by atoms with E-state index < -0.39 is 0 Å². The van der Waals surface area contributed by atoms with Crippen molar-refractivity contribution in [1.29, 1.82) is 0 Å². The van der Waals surface area contributed by atoms with Crippen LogP contribution in [-0.4, -0.2) is 19.4 Å². The third-order valence-electron chi connectivity index (χ3n) is 2.18. The lowest BCUT2D eigenvalue weighted by molar-refractivity contribution is 0.124. The summed E-state index contributed by atoms with van der Waals surface area (Å²) in [6.45, 7) is 2.27. The van der Waals surface area contributed by atoms with Gasteiger partial charge in [0, 0.05) is 12.2 Å². The maximum atomic E-state index is 5.02. The Morgan fingerprint density at radius 3 is 3.14 bits per heavy atom. The van der Waals surface area contributed by atoms with Crippen LogP contribution in [0.2, 0.25) is 0 Å². The summed E-state index contributed by atoms with van der Waals surface area (Å²) in [7, 11) is 0. The lowest BCUT2D eigenvalue weighted by Gasteiger charge is -2.14. The second kappa shape index (κ2) is 4.21. The van der Waals surface area contributed by atoms with Gasteiger partial charge in [0.05, 0.1) is 19.5 Å². The summed E-state index contributed by atoms with van der Waals surface area (Å²) in [4.78, 5) is 10.9. The molecule has 0 amide bonds. The Labute approximate surface area is 82.9 Å². The van der Waals surface area contributed by atoms with E-state index in [0.717, 1.165) is 24.3 Å². The van der Waals surface area contributed by atoms with Crippen molar-refractivity contribution in [3.8, 4) is 0 Å². The van der Waals surface area contributed by atoms with E-state index in [4.69, 9.17) is 5.90 Å². The Balaban J connectivity index is 2.16. The smallest absolute Gasteiger partial charge is 0.0930 e. The van der Waals surface area contributed by atoms with Crippen molar-refractivity contribution in [2.24, 2.45) is 10.9 Å². The standard InChI is InChI=1S/C10H13N3O/c11-14-7-9-2-1-3-10(6-9)13-5-4-12-8-13/h1-3,6,8H,4-5,7,11H2. The third-order valence-corrected chi connectivity index (χ3v) is 2.18. The van der Waals surface area contributed by atoms with Crippen molar-refractivity contribution in [2.75, 3.05) is 18.0 Å². The summed E-state index contributed by atoms with van der Waals surface area (Å²) in [5, 5.41) is 0. The second-order valence-corrected chi connectivity index (χ2v) is 3.20. The molecule has 2 N–H and O–H groups in total. The molecule has 0 unspecified atom stereocenters. The third kappa shape index (κ3) is 1.92. The number of nitrogens with zero attached hydrogens (tertiary/aromatic N) is 2. The van der Waals surface area contributed by atoms with E-state index in [9.17, 15) is 0 Å². The van der Waals surface area contributed by atoms with Gasteiger partial charge in [-0.1, -0.05) is 12.1 Å². The van der Waals surface area contributed by atoms with E-state index in [-0.39, 0.29) is 0 Å². The van der Waals surface area contributed by atoms with Gasteiger partial charge in [-0.15, -0.1) is 0 Å². The van der Waals surface area contributed by atoms with Gasteiger partial charge in [0.2, 0.25) is 0 Å². The second-order valence-electron chi connectivity index (χ2n) is 3.20. The van der Waals surface area contributed by atoms with Crippen molar-refractivity contribution < 1.29 is 4.84 Å². The molecule has 4 nitrogen and oxygen atoms in total. The summed E-state index contributed by atoms with van der Waals surface area (Å²) in [6, 6.07) is 8.10. The molecule has 0 radical (unpaired) electrons. The van der Waals surface area contributed by atoms with Crippen LogP contribution in [0.4, 0.5) is 5.69 Å². The Hall–Kier alpha value is -1.39. The first-order chi connectivity index (χ1) is 6.90. The fourth-order valence-electron chi connectivity index (χ4n) is 1.50. The predicted molar refractivity (Wildman–Crippen MR) is 56.1 cm³/mol. The molecule has 1 aliphatic rings. The highest BCUT2D eigenvalue weighted by Gasteiger charge is 2.07. The molecule has 74 valence electrons. The molecule has 2 rings (SSSR count). The van der Waals surface area contributed by atoms with Crippen molar-refractivity contribution >= 4 is 12.0 Å². The van der Waals surface area contributed by atoms with Gasteiger partial charge in [0.25, 0.3) is 0 Å². The molecule has 4 heteroatoms. The van der Waals surface area contributed by atoms with Gasteiger partial charge in [-0.25, -0.2) is 5.90 Å². The van der Waals surface area contributed by atoms with Crippen molar-refractivity contribution in [1.82, 2.24) is 0 Å². The van der Waals surface area contributed by atoms with Crippen molar-refractivity contribution in [3.63, 3.8) is 0 Å². The molecule has 0 bridgehead atoms. The van der Waals surface area contributed by atoms with E-state index in [1.54, 1.807) is 0 Å². The Morgan fingerprint density at radius 1 is 1.50 bits per heavy atom. The molecule has 0 atom stereocenters. The van der Waals surface area contributed by atoms with E-state index in [1.165, 1.54) is 0 Å². The Kier molecular flexibility index (Phi) is 2.76. The van der Waals surface area contributed by atoms with Gasteiger partial charge in [0.15, 0.2) is 0 Å². The van der Waals surface area contributed by atoms with Crippen LogP contribution < -0.4 is 10.8 Å². The minimum Gasteiger partial charge on any atom is -0.331 e. The van der Waals surface area contributed by atoms with Crippen molar-refractivity contribution in [2.45, 2.75) is 6.61 Å². The summed E-state index contributed by atoms with van der Waals surface area (Å²) < 4.78 is 0. The number of aliphatic imine (C=N–C) groups is 1. The van der Waals surface area contributed by atoms with Gasteiger partial charge in [-0.3, -0.25) is 9.83 Å². The van der Waals surface area contributed by atoms with Gasteiger partial charge in [0.1, 0.15) is 0 Å². The molecule has 0 aromatic heterocycles. The summed E-state index contributed by atoms with van der Waals surface area (Å²) in [5.74, 6) is 5.02. The first-order valence-corrected chi connectivity index (χ1v) is 4.57. The molecule has 0 saturated carbocycles. The van der Waals surface area contributed by atoms with Crippen LogP contribution in [0, 0.1) is 0 Å². The topological polar surface area (TPSA) is 50.9 Å². The number of benzene rings is 1. The largest absolute Gasteiger partial charge is 0.331 e. The molecule has 1 aromatic carbocycles. The predicted octanol–water partition coefficient (Wildman–Crippen LogP) is 0.925. The van der Waals surface area contributed by atoms with Gasteiger partial charge in [-0.05, 0) is 17.7 Å². The average molecular weight is 191 g/mol. The van der Waals surface area contributed by atoms with Gasteiger partial charge in [-0.2, -0.15) is 0 Å². The summed E-state index contributed by atoms with van der Waals surface area (Å²) >= 11 is 0. The molecule has 0 saturated heterocycles. The molecule has 1 heterocycles. The van der Waals surface area contributed by atoms with E-state index in [1.807, 2.05) is 18.5 Å². The summed E-state index contributed by atoms with van der Waals surface area (Å²) in [5.41, 5.74) is 2.21. The highest BCUT2D eigenvalue weighted by Crippen LogP contribution is 2.16. The number of rotatable bonds is 3. The lowest BCUT2D eigenvalue weighted by atomic mass is 10.2. The van der Waals surface area contributed by atoms with Crippen LogP contribution >= 0.6 is 0 Å².